The predicted octanol–water partition coefficient (Wildman–Crippen LogP) is 1.01. The maximum atomic E-state index is 10.9. The van der Waals surface area contributed by atoms with E-state index in [1.165, 1.54) is 7.11 Å². The van der Waals surface area contributed by atoms with Gasteiger partial charge >= 0.3 is 5.97 Å². The van der Waals surface area contributed by atoms with Gasteiger partial charge in [-0.1, -0.05) is 0 Å². The minimum absolute atomic E-state index is 0.383. The molecule has 0 spiro atoms. The standard InChI is InChI=1S/C8H11ClN2O2S/c1-13-8(12)6(9)4-10-5-7-11-2-3-14-7/h2-3,6,10H,4-5H2,1H3. The molecule has 1 rings (SSSR count). The lowest BCUT2D eigenvalue weighted by Gasteiger charge is -2.07. The van der Waals surface area contributed by atoms with Gasteiger partial charge in [0, 0.05) is 24.7 Å². The molecule has 1 unspecified atom stereocenters. The lowest BCUT2D eigenvalue weighted by molar-refractivity contribution is -0.140. The van der Waals surface area contributed by atoms with Crippen molar-refractivity contribution < 1.29 is 9.53 Å². The highest BCUT2D eigenvalue weighted by molar-refractivity contribution is 7.09. The number of alkyl halides is 1. The van der Waals surface area contributed by atoms with E-state index in [0.717, 1.165) is 5.01 Å². The molecular weight excluding hydrogens is 224 g/mol. The van der Waals surface area contributed by atoms with Crippen LogP contribution in [0.3, 0.4) is 0 Å². The van der Waals surface area contributed by atoms with Crippen LogP contribution >= 0.6 is 22.9 Å². The Labute approximate surface area is 91.2 Å². The van der Waals surface area contributed by atoms with Gasteiger partial charge in [0.1, 0.15) is 10.4 Å². The molecule has 0 aliphatic heterocycles. The summed E-state index contributed by atoms with van der Waals surface area (Å²) in [6.07, 6.45) is 1.74. The summed E-state index contributed by atoms with van der Waals surface area (Å²) in [5.74, 6) is -0.418. The van der Waals surface area contributed by atoms with Crippen LogP contribution in [0, 0.1) is 0 Å². The first-order valence-electron chi connectivity index (χ1n) is 4.05. The van der Waals surface area contributed by atoms with Gasteiger partial charge in [0.15, 0.2) is 0 Å². The molecule has 0 aromatic carbocycles. The van der Waals surface area contributed by atoms with Crippen molar-refractivity contribution >= 4 is 28.9 Å². The Bertz CT molecular complexity index is 279. The molecule has 0 saturated carbocycles. The van der Waals surface area contributed by atoms with E-state index in [4.69, 9.17) is 11.6 Å². The van der Waals surface area contributed by atoms with Crippen molar-refractivity contribution in [3.63, 3.8) is 0 Å². The summed E-state index contributed by atoms with van der Waals surface area (Å²) in [6.45, 7) is 1.01. The normalized spacial score (nSPS) is 12.4. The number of carbonyl (C=O) groups excluding carboxylic acids is 1. The van der Waals surface area contributed by atoms with Crippen molar-refractivity contribution in [3.05, 3.63) is 16.6 Å². The zero-order valence-electron chi connectivity index (χ0n) is 7.70. The van der Waals surface area contributed by atoms with Crippen molar-refractivity contribution in [2.45, 2.75) is 11.9 Å². The lowest BCUT2D eigenvalue weighted by atomic mass is 10.4. The maximum absolute atomic E-state index is 10.9. The van der Waals surface area contributed by atoms with Crippen LogP contribution in [-0.4, -0.2) is 30.0 Å². The van der Waals surface area contributed by atoms with E-state index in [2.05, 4.69) is 15.0 Å². The van der Waals surface area contributed by atoms with Crippen LogP contribution in [0.4, 0.5) is 0 Å². The van der Waals surface area contributed by atoms with E-state index in [1.807, 2.05) is 5.38 Å². The summed E-state index contributed by atoms with van der Waals surface area (Å²) in [6, 6.07) is 0. The summed E-state index contributed by atoms with van der Waals surface area (Å²) < 4.78 is 4.48. The van der Waals surface area contributed by atoms with Gasteiger partial charge in [0.05, 0.1) is 7.11 Å². The van der Waals surface area contributed by atoms with Crippen LogP contribution in [0.25, 0.3) is 0 Å². The quantitative estimate of drug-likeness (QED) is 0.611. The van der Waals surface area contributed by atoms with E-state index in [-0.39, 0.29) is 0 Å². The van der Waals surface area contributed by atoms with Crippen molar-refractivity contribution in [3.8, 4) is 0 Å². The number of thiazole rings is 1. The molecule has 0 radical (unpaired) electrons. The number of nitrogens with one attached hydrogen (secondary N) is 1. The number of hydrogen-bond donors (Lipinski definition) is 1. The number of rotatable bonds is 5. The fraction of sp³-hybridized carbons (Fsp3) is 0.500. The summed E-state index contributed by atoms with van der Waals surface area (Å²) >= 11 is 7.27. The van der Waals surface area contributed by atoms with Crippen molar-refractivity contribution in [1.29, 1.82) is 0 Å². The lowest BCUT2D eigenvalue weighted by Crippen LogP contribution is -2.29. The Balaban J connectivity index is 2.18. The number of ether oxygens (including phenoxy) is 1. The molecular formula is C8H11ClN2O2S. The molecule has 1 N–H and O–H groups in total. The second kappa shape index (κ2) is 5.95. The van der Waals surface area contributed by atoms with E-state index < -0.39 is 11.3 Å². The van der Waals surface area contributed by atoms with Gasteiger partial charge in [-0.05, 0) is 0 Å². The average Bonchev–Trinajstić information content (AvgIpc) is 2.69. The third-order valence-corrected chi connectivity index (χ3v) is 2.65. The fourth-order valence-electron chi connectivity index (χ4n) is 0.857. The first kappa shape index (κ1) is 11.4. The third-order valence-electron chi connectivity index (χ3n) is 1.54. The minimum atomic E-state index is -0.639. The zero-order valence-corrected chi connectivity index (χ0v) is 9.27. The Morgan fingerprint density at radius 1 is 1.86 bits per heavy atom. The SMILES string of the molecule is COC(=O)C(Cl)CNCc1nccs1. The van der Waals surface area contributed by atoms with Gasteiger partial charge in [0.2, 0.25) is 0 Å². The summed E-state index contributed by atoms with van der Waals surface area (Å²) in [7, 11) is 1.32. The fourth-order valence-corrected chi connectivity index (χ4v) is 1.64. The number of carbonyl (C=O) groups is 1. The maximum Gasteiger partial charge on any atom is 0.325 e. The van der Waals surface area contributed by atoms with Crippen molar-refractivity contribution in [2.24, 2.45) is 0 Å². The molecule has 6 heteroatoms. The molecule has 14 heavy (non-hydrogen) atoms. The highest BCUT2D eigenvalue weighted by atomic mass is 35.5. The number of esters is 1. The first-order chi connectivity index (χ1) is 6.74. The van der Waals surface area contributed by atoms with Crippen LogP contribution in [0.15, 0.2) is 11.6 Å². The van der Waals surface area contributed by atoms with Crippen LogP contribution in [0.1, 0.15) is 5.01 Å². The number of halogens is 1. The number of nitrogens with zero attached hydrogens (tertiary/aromatic N) is 1. The van der Waals surface area contributed by atoms with Crippen LogP contribution in [-0.2, 0) is 16.1 Å². The van der Waals surface area contributed by atoms with E-state index >= 15 is 0 Å². The Kier molecular flexibility index (Phi) is 4.86. The van der Waals surface area contributed by atoms with Crippen molar-refractivity contribution in [2.75, 3.05) is 13.7 Å². The molecule has 1 aromatic heterocycles. The van der Waals surface area contributed by atoms with Gasteiger partial charge in [-0.15, -0.1) is 22.9 Å². The van der Waals surface area contributed by atoms with Crippen molar-refractivity contribution in [1.82, 2.24) is 10.3 Å². The molecule has 0 bridgehead atoms. The molecule has 1 heterocycles. The first-order valence-corrected chi connectivity index (χ1v) is 5.36. The van der Waals surface area contributed by atoms with Crippen LogP contribution in [0.5, 0.6) is 0 Å². The molecule has 1 aromatic rings. The van der Waals surface area contributed by atoms with Gasteiger partial charge < -0.3 is 10.1 Å². The monoisotopic (exact) mass is 234 g/mol. The molecule has 0 aliphatic carbocycles. The molecule has 78 valence electrons. The zero-order chi connectivity index (χ0) is 10.4. The topological polar surface area (TPSA) is 51.2 Å². The molecule has 4 nitrogen and oxygen atoms in total. The molecule has 1 atom stereocenters. The number of hydrogen-bond acceptors (Lipinski definition) is 5. The van der Waals surface area contributed by atoms with Gasteiger partial charge in [-0.3, -0.25) is 4.79 Å². The minimum Gasteiger partial charge on any atom is -0.468 e. The van der Waals surface area contributed by atoms with E-state index in [9.17, 15) is 4.79 Å². The molecule has 0 amide bonds. The predicted molar refractivity (Wildman–Crippen MR) is 55.5 cm³/mol. The Morgan fingerprint density at radius 3 is 3.21 bits per heavy atom. The summed E-state index contributed by atoms with van der Waals surface area (Å²) in [5.41, 5.74) is 0. The van der Waals surface area contributed by atoms with Gasteiger partial charge in [-0.25, -0.2) is 4.98 Å². The summed E-state index contributed by atoms with van der Waals surface area (Å²) in [5, 5.41) is 5.25. The van der Waals surface area contributed by atoms with Crippen LogP contribution in [0.2, 0.25) is 0 Å². The highest BCUT2D eigenvalue weighted by Crippen LogP contribution is 2.03. The van der Waals surface area contributed by atoms with Gasteiger partial charge in [0.25, 0.3) is 0 Å². The van der Waals surface area contributed by atoms with Crippen LogP contribution < -0.4 is 5.32 Å². The Hall–Kier alpha value is -0.650. The summed E-state index contributed by atoms with van der Waals surface area (Å²) in [4.78, 5) is 15.0. The van der Waals surface area contributed by atoms with E-state index in [1.54, 1.807) is 17.5 Å². The average molecular weight is 235 g/mol. The number of methoxy groups -OCH3 is 1. The van der Waals surface area contributed by atoms with E-state index in [0.29, 0.717) is 13.1 Å². The smallest absolute Gasteiger partial charge is 0.325 e. The Morgan fingerprint density at radius 2 is 2.64 bits per heavy atom. The highest BCUT2D eigenvalue weighted by Gasteiger charge is 2.14. The number of aromatic nitrogens is 1. The second-order valence-corrected chi connectivity index (χ2v) is 4.05. The molecule has 0 aliphatic rings. The van der Waals surface area contributed by atoms with Gasteiger partial charge in [-0.2, -0.15) is 0 Å². The second-order valence-electron chi connectivity index (χ2n) is 2.55. The third kappa shape index (κ3) is 3.61. The molecule has 0 saturated heterocycles. The molecule has 0 fully saturated rings. The largest absolute Gasteiger partial charge is 0.468 e.